The van der Waals surface area contributed by atoms with E-state index in [9.17, 15) is 9.59 Å². The monoisotopic (exact) mass is 301 g/mol. The summed E-state index contributed by atoms with van der Waals surface area (Å²) in [5, 5.41) is 7.44. The highest BCUT2D eigenvalue weighted by Gasteiger charge is 2.31. The Labute approximate surface area is 127 Å². The molecule has 2 unspecified atom stereocenters. The summed E-state index contributed by atoms with van der Waals surface area (Å²) in [4.78, 5) is 27.0. The molecule has 0 saturated carbocycles. The molecule has 0 spiro atoms. The number of rotatable bonds is 3. The maximum absolute atomic E-state index is 12.5. The third kappa shape index (κ3) is 2.75. The second-order valence-corrected chi connectivity index (χ2v) is 5.44. The Kier molecular flexibility index (Phi) is 4.22. The fourth-order valence-electron chi connectivity index (χ4n) is 2.93. The van der Waals surface area contributed by atoms with Gasteiger partial charge in [0.2, 0.25) is 5.91 Å². The third-order valence-corrected chi connectivity index (χ3v) is 4.13. The molecule has 1 amide bonds. The third-order valence-electron chi connectivity index (χ3n) is 4.13. The van der Waals surface area contributed by atoms with Crippen molar-refractivity contribution < 1.29 is 9.53 Å². The van der Waals surface area contributed by atoms with Gasteiger partial charge in [0.1, 0.15) is 0 Å². The molecule has 1 fully saturated rings. The molecule has 2 aromatic rings. The Bertz CT molecular complexity index is 741. The molecule has 2 heterocycles. The lowest BCUT2D eigenvalue weighted by Gasteiger charge is -2.30. The van der Waals surface area contributed by atoms with Crippen LogP contribution < -0.4 is 16.2 Å². The Hall–Kier alpha value is -2.18. The van der Waals surface area contributed by atoms with E-state index in [4.69, 9.17) is 4.74 Å². The first kappa shape index (κ1) is 14.7. The van der Waals surface area contributed by atoms with Gasteiger partial charge in [-0.05, 0) is 31.2 Å². The Morgan fingerprint density at radius 3 is 3.00 bits per heavy atom. The van der Waals surface area contributed by atoms with Crippen molar-refractivity contribution in [2.75, 3.05) is 25.5 Å². The van der Waals surface area contributed by atoms with Crippen LogP contribution in [0.2, 0.25) is 0 Å². The van der Waals surface area contributed by atoms with Crippen LogP contribution in [0.5, 0.6) is 0 Å². The minimum atomic E-state index is -0.240. The molecule has 6 nitrogen and oxygen atoms in total. The minimum Gasteiger partial charge on any atom is -0.381 e. The molecule has 3 N–H and O–H groups in total. The first-order valence-electron chi connectivity index (χ1n) is 7.35. The molecule has 1 aromatic heterocycles. The number of amides is 1. The van der Waals surface area contributed by atoms with E-state index in [-0.39, 0.29) is 23.5 Å². The zero-order valence-electron chi connectivity index (χ0n) is 12.4. The fourth-order valence-corrected chi connectivity index (χ4v) is 2.93. The van der Waals surface area contributed by atoms with Gasteiger partial charge in [0.05, 0.1) is 12.0 Å². The number of ether oxygens (including phenoxy) is 1. The number of hydrogen-bond acceptors (Lipinski definition) is 4. The Morgan fingerprint density at radius 2 is 2.18 bits per heavy atom. The molecule has 3 rings (SSSR count). The summed E-state index contributed by atoms with van der Waals surface area (Å²) < 4.78 is 5.41. The van der Waals surface area contributed by atoms with E-state index in [2.05, 4.69) is 15.6 Å². The summed E-state index contributed by atoms with van der Waals surface area (Å²) >= 11 is 0. The quantitative estimate of drug-likeness (QED) is 0.792. The van der Waals surface area contributed by atoms with Crippen LogP contribution in [-0.4, -0.2) is 37.2 Å². The van der Waals surface area contributed by atoms with Gasteiger partial charge in [0.25, 0.3) is 5.56 Å². The highest BCUT2D eigenvalue weighted by Crippen LogP contribution is 2.22. The number of H-pyrrole nitrogens is 1. The van der Waals surface area contributed by atoms with Gasteiger partial charge in [-0.1, -0.05) is 6.07 Å². The van der Waals surface area contributed by atoms with Crippen molar-refractivity contribution in [1.82, 2.24) is 10.3 Å². The number of carbonyl (C=O) groups excluding carboxylic acids is 1. The molecule has 1 saturated heterocycles. The molecule has 22 heavy (non-hydrogen) atoms. The summed E-state index contributed by atoms with van der Waals surface area (Å²) in [6, 6.07) is 7.10. The van der Waals surface area contributed by atoms with Crippen LogP contribution in [0.1, 0.15) is 6.42 Å². The Morgan fingerprint density at radius 1 is 1.32 bits per heavy atom. The fraction of sp³-hybridized carbons (Fsp3) is 0.375. The minimum absolute atomic E-state index is 0.0837. The standard InChI is InChI=1S/C16H19N3O3/c1-22-14-6-7-17-9-12(14)16(21)19-13-4-2-3-11-10(13)5-8-18-15(11)20/h2-5,8,12,14,17H,6-7,9H2,1H3,(H,18,20)(H,19,21). The van der Waals surface area contributed by atoms with Gasteiger partial charge in [-0.3, -0.25) is 9.59 Å². The molecule has 0 aliphatic carbocycles. The van der Waals surface area contributed by atoms with Gasteiger partial charge in [0.15, 0.2) is 0 Å². The predicted octanol–water partition coefficient (Wildman–Crippen LogP) is 1.09. The maximum atomic E-state index is 12.5. The van der Waals surface area contributed by atoms with Crippen LogP contribution in [0, 0.1) is 5.92 Å². The van der Waals surface area contributed by atoms with Crippen molar-refractivity contribution in [3.63, 3.8) is 0 Å². The second kappa shape index (κ2) is 6.29. The van der Waals surface area contributed by atoms with E-state index in [1.165, 1.54) is 0 Å². The highest BCUT2D eigenvalue weighted by molar-refractivity contribution is 6.02. The van der Waals surface area contributed by atoms with E-state index in [0.29, 0.717) is 17.6 Å². The molecule has 0 radical (unpaired) electrons. The molecule has 1 aromatic carbocycles. The number of pyridine rings is 1. The van der Waals surface area contributed by atoms with E-state index in [1.54, 1.807) is 37.6 Å². The lowest BCUT2D eigenvalue weighted by molar-refractivity contribution is -0.125. The van der Waals surface area contributed by atoms with Gasteiger partial charge in [-0.15, -0.1) is 0 Å². The zero-order valence-corrected chi connectivity index (χ0v) is 12.4. The average molecular weight is 301 g/mol. The number of benzene rings is 1. The van der Waals surface area contributed by atoms with Crippen LogP contribution in [0.3, 0.4) is 0 Å². The molecule has 2 atom stereocenters. The predicted molar refractivity (Wildman–Crippen MR) is 85.0 cm³/mol. The average Bonchev–Trinajstić information content (AvgIpc) is 2.55. The SMILES string of the molecule is COC1CCNCC1C(=O)Nc1cccc2c(=O)[nH]ccc12. The summed E-state index contributed by atoms with van der Waals surface area (Å²) in [5.74, 6) is -0.331. The first-order chi connectivity index (χ1) is 10.7. The maximum Gasteiger partial charge on any atom is 0.255 e. The van der Waals surface area contributed by atoms with Crippen molar-refractivity contribution in [2.24, 2.45) is 5.92 Å². The molecule has 0 bridgehead atoms. The van der Waals surface area contributed by atoms with Crippen LogP contribution in [-0.2, 0) is 9.53 Å². The first-order valence-corrected chi connectivity index (χ1v) is 7.35. The Balaban J connectivity index is 1.88. The zero-order chi connectivity index (χ0) is 15.5. The van der Waals surface area contributed by atoms with E-state index >= 15 is 0 Å². The van der Waals surface area contributed by atoms with Crippen LogP contribution in [0.4, 0.5) is 5.69 Å². The van der Waals surface area contributed by atoms with Gasteiger partial charge in [-0.25, -0.2) is 0 Å². The molecular formula is C16H19N3O3. The topological polar surface area (TPSA) is 83.2 Å². The number of fused-ring (bicyclic) bond motifs is 1. The van der Waals surface area contributed by atoms with E-state index < -0.39 is 0 Å². The highest BCUT2D eigenvalue weighted by atomic mass is 16.5. The lowest BCUT2D eigenvalue weighted by atomic mass is 9.95. The van der Waals surface area contributed by atoms with Crippen LogP contribution in [0.25, 0.3) is 10.8 Å². The van der Waals surface area contributed by atoms with Crippen molar-refractivity contribution in [1.29, 1.82) is 0 Å². The molecule has 116 valence electrons. The molecule has 1 aliphatic rings. The second-order valence-electron chi connectivity index (χ2n) is 5.44. The summed E-state index contributed by atoms with van der Waals surface area (Å²) in [5.41, 5.74) is 0.483. The number of carbonyl (C=O) groups is 1. The van der Waals surface area contributed by atoms with E-state index in [1.807, 2.05) is 0 Å². The number of methoxy groups -OCH3 is 1. The van der Waals surface area contributed by atoms with E-state index in [0.717, 1.165) is 18.4 Å². The number of piperidine rings is 1. The van der Waals surface area contributed by atoms with Crippen LogP contribution >= 0.6 is 0 Å². The largest absolute Gasteiger partial charge is 0.381 e. The van der Waals surface area contributed by atoms with Crippen molar-refractivity contribution >= 4 is 22.4 Å². The number of aromatic nitrogens is 1. The molecular weight excluding hydrogens is 282 g/mol. The number of aromatic amines is 1. The van der Waals surface area contributed by atoms with Crippen LogP contribution in [0.15, 0.2) is 35.3 Å². The lowest BCUT2D eigenvalue weighted by Crippen LogP contribution is -2.46. The van der Waals surface area contributed by atoms with Crippen molar-refractivity contribution in [2.45, 2.75) is 12.5 Å². The summed E-state index contributed by atoms with van der Waals surface area (Å²) in [6.07, 6.45) is 2.31. The van der Waals surface area contributed by atoms with Gasteiger partial charge in [-0.2, -0.15) is 0 Å². The van der Waals surface area contributed by atoms with Crippen molar-refractivity contribution in [3.05, 3.63) is 40.8 Å². The smallest absolute Gasteiger partial charge is 0.255 e. The molecule has 1 aliphatic heterocycles. The van der Waals surface area contributed by atoms with Gasteiger partial charge in [0, 0.05) is 36.3 Å². The number of hydrogen-bond donors (Lipinski definition) is 3. The summed E-state index contributed by atoms with van der Waals surface area (Å²) in [6.45, 7) is 1.45. The normalized spacial score (nSPS) is 21.7. The molecule has 6 heteroatoms. The van der Waals surface area contributed by atoms with Gasteiger partial charge < -0.3 is 20.4 Å². The number of nitrogens with one attached hydrogen (secondary N) is 3. The van der Waals surface area contributed by atoms with Gasteiger partial charge >= 0.3 is 0 Å². The van der Waals surface area contributed by atoms with Crippen molar-refractivity contribution in [3.8, 4) is 0 Å². The number of anilines is 1. The summed E-state index contributed by atoms with van der Waals surface area (Å²) in [7, 11) is 1.63.